The molecule has 1 atom stereocenters. The lowest BCUT2D eigenvalue weighted by atomic mass is 10.1. The van der Waals surface area contributed by atoms with Crippen molar-refractivity contribution in [2.75, 3.05) is 5.32 Å². The van der Waals surface area contributed by atoms with Crippen molar-refractivity contribution < 1.29 is 8.78 Å². The first kappa shape index (κ1) is 13.3. The number of hydrogen-bond donors (Lipinski definition) is 1. The number of aryl methyl sites for hydroxylation is 1. The highest BCUT2D eigenvalue weighted by molar-refractivity contribution is 9.10. The van der Waals surface area contributed by atoms with Crippen molar-refractivity contribution in [3.8, 4) is 0 Å². The van der Waals surface area contributed by atoms with Crippen LogP contribution in [0.4, 0.5) is 14.5 Å². The van der Waals surface area contributed by atoms with Crippen LogP contribution in [0.25, 0.3) is 0 Å². The second-order valence-electron chi connectivity index (χ2n) is 4.41. The van der Waals surface area contributed by atoms with Crippen LogP contribution in [0.3, 0.4) is 0 Å². The van der Waals surface area contributed by atoms with Crippen molar-refractivity contribution in [1.82, 2.24) is 0 Å². The van der Waals surface area contributed by atoms with Gasteiger partial charge >= 0.3 is 0 Å². The van der Waals surface area contributed by atoms with Gasteiger partial charge in [-0.1, -0.05) is 11.6 Å². The Labute approximate surface area is 126 Å². The van der Waals surface area contributed by atoms with Crippen LogP contribution < -0.4 is 5.32 Å². The van der Waals surface area contributed by atoms with E-state index in [0.29, 0.717) is 10.2 Å². The molecule has 19 heavy (non-hydrogen) atoms. The highest BCUT2D eigenvalue weighted by atomic mass is 79.9. The highest BCUT2D eigenvalue weighted by Gasteiger charge is 2.26. The minimum atomic E-state index is -0.597. The first-order valence-corrected chi connectivity index (χ1v) is 7.72. The summed E-state index contributed by atoms with van der Waals surface area (Å²) in [4.78, 5) is 1.24. The molecular formula is C13H9BrClF2NS. The molecule has 0 bridgehead atoms. The molecule has 100 valence electrons. The Bertz CT molecular complexity index is 621. The molecule has 6 heteroatoms. The third-order valence-corrected chi connectivity index (χ3v) is 5.14. The van der Waals surface area contributed by atoms with Gasteiger partial charge in [0.15, 0.2) is 0 Å². The minimum absolute atomic E-state index is 0.0232. The number of rotatable bonds is 2. The van der Waals surface area contributed by atoms with E-state index in [1.807, 2.05) is 6.07 Å². The molecule has 2 aromatic rings. The Hall–Kier alpha value is -0.650. The zero-order valence-corrected chi connectivity index (χ0v) is 12.8. The lowest BCUT2D eigenvalue weighted by molar-refractivity contribution is 0.581. The Morgan fingerprint density at radius 1 is 1.32 bits per heavy atom. The van der Waals surface area contributed by atoms with E-state index < -0.39 is 11.6 Å². The van der Waals surface area contributed by atoms with E-state index in [4.69, 9.17) is 11.6 Å². The molecule has 3 rings (SSSR count). The van der Waals surface area contributed by atoms with Crippen LogP contribution in [0.15, 0.2) is 22.7 Å². The third-order valence-electron chi connectivity index (χ3n) is 3.17. The van der Waals surface area contributed by atoms with Gasteiger partial charge in [0.05, 0.1) is 16.1 Å². The van der Waals surface area contributed by atoms with Crippen molar-refractivity contribution in [1.29, 1.82) is 0 Å². The van der Waals surface area contributed by atoms with E-state index in [9.17, 15) is 8.78 Å². The molecule has 1 aliphatic rings. The Morgan fingerprint density at radius 3 is 2.84 bits per heavy atom. The van der Waals surface area contributed by atoms with Gasteiger partial charge in [0, 0.05) is 15.4 Å². The maximum Gasteiger partial charge on any atom is 0.150 e. The van der Waals surface area contributed by atoms with Gasteiger partial charge in [0.1, 0.15) is 11.6 Å². The molecule has 1 heterocycles. The van der Waals surface area contributed by atoms with E-state index in [0.717, 1.165) is 28.8 Å². The number of nitrogens with one attached hydrogen (secondary N) is 1. The summed E-state index contributed by atoms with van der Waals surface area (Å²) in [5.74, 6) is -1.19. The molecule has 1 aromatic carbocycles. The number of anilines is 1. The first-order chi connectivity index (χ1) is 9.04. The van der Waals surface area contributed by atoms with Crippen LogP contribution in [-0.4, -0.2) is 0 Å². The molecule has 1 aromatic heterocycles. The zero-order chi connectivity index (χ0) is 13.6. The molecule has 0 spiro atoms. The number of thiophene rings is 1. The standard InChI is InChI=1S/C13H9BrClF2NS/c14-8-3-6(16)4-9(17)13(8)18-10-1-2-11-7(10)5-12(15)19-11/h3-5,10,18H,1-2H2. The molecule has 1 nitrogen and oxygen atoms in total. The number of halogens is 4. The number of hydrogen-bond acceptors (Lipinski definition) is 2. The first-order valence-electron chi connectivity index (χ1n) is 5.74. The van der Waals surface area contributed by atoms with Gasteiger partial charge in [0.2, 0.25) is 0 Å². The highest BCUT2D eigenvalue weighted by Crippen LogP contribution is 2.42. The molecule has 0 radical (unpaired) electrons. The van der Waals surface area contributed by atoms with E-state index in [-0.39, 0.29) is 6.04 Å². The van der Waals surface area contributed by atoms with Crippen LogP contribution in [0, 0.1) is 11.6 Å². The summed E-state index contributed by atoms with van der Waals surface area (Å²) in [6.07, 6.45) is 1.83. The molecule has 0 fully saturated rings. The average molecular weight is 365 g/mol. The summed E-state index contributed by atoms with van der Waals surface area (Å²) in [7, 11) is 0. The van der Waals surface area contributed by atoms with Gasteiger partial charge in [0.25, 0.3) is 0 Å². The quantitative estimate of drug-likeness (QED) is 0.737. The minimum Gasteiger partial charge on any atom is -0.375 e. The zero-order valence-electron chi connectivity index (χ0n) is 9.64. The third kappa shape index (κ3) is 2.51. The van der Waals surface area contributed by atoms with Crippen LogP contribution in [-0.2, 0) is 6.42 Å². The number of benzene rings is 1. The van der Waals surface area contributed by atoms with Crippen molar-refractivity contribution in [3.63, 3.8) is 0 Å². The Morgan fingerprint density at radius 2 is 2.11 bits per heavy atom. The second-order valence-corrected chi connectivity index (χ2v) is 7.03. The van der Waals surface area contributed by atoms with E-state index in [1.165, 1.54) is 10.9 Å². The fraction of sp³-hybridized carbons (Fsp3) is 0.231. The Balaban J connectivity index is 1.91. The predicted molar refractivity (Wildman–Crippen MR) is 78.1 cm³/mol. The topological polar surface area (TPSA) is 12.0 Å². The summed E-state index contributed by atoms with van der Waals surface area (Å²) < 4.78 is 28.0. The summed E-state index contributed by atoms with van der Waals surface area (Å²) >= 11 is 10.7. The van der Waals surface area contributed by atoms with Gasteiger partial charge in [-0.2, -0.15) is 0 Å². The van der Waals surface area contributed by atoms with Gasteiger partial charge in [-0.15, -0.1) is 11.3 Å². The van der Waals surface area contributed by atoms with Crippen molar-refractivity contribution >= 4 is 44.6 Å². The molecule has 1 aliphatic carbocycles. The summed E-state index contributed by atoms with van der Waals surface area (Å²) in [5.41, 5.74) is 1.41. The molecule has 0 saturated carbocycles. The average Bonchev–Trinajstić information content (AvgIpc) is 2.83. The van der Waals surface area contributed by atoms with E-state index in [1.54, 1.807) is 11.3 Å². The van der Waals surface area contributed by atoms with Gasteiger partial charge in [-0.05, 0) is 46.5 Å². The van der Waals surface area contributed by atoms with Crippen LogP contribution in [0.5, 0.6) is 0 Å². The van der Waals surface area contributed by atoms with Crippen LogP contribution in [0.2, 0.25) is 4.34 Å². The molecule has 0 aliphatic heterocycles. The van der Waals surface area contributed by atoms with Gasteiger partial charge < -0.3 is 5.32 Å². The lowest BCUT2D eigenvalue weighted by Gasteiger charge is -2.16. The fourth-order valence-electron chi connectivity index (χ4n) is 2.33. The lowest BCUT2D eigenvalue weighted by Crippen LogP contribution is -2.09. The van der Waals surface area contributed by atoms with Crippen molar-refractivity contribution in [2.45, 2.75) is 18.9 Å². The molecule has 1 unspecified atom stereocenters. The summed E-state index contributed by atoms with van der Waals surface area (Å²) in [5, 5.41) is 3.13. The molecule has 1 N–H and O–H groups in total. The maximum atomic E-state index is 13.8. The molecular weight excluding hydrogens is 356 g/mol. The van der Waals surface area contributed by atoms with Gasteiger partial charge in [-0.25, -0.2) is 8.78 Å². The smallest absolute Gasteiger partial charge is 0.150 e. The van der Waals surface area contributed by atoms with Crippen molar-refractivity contribution in [2.24, 2.45) is 0 Å². The molecule has 0 saturated heterocycles. The van der Waals surface area contributed by atoms with Crippen molar-refractivity contribution in [3.05, 3.63) is 49.1 Å². The maximum absolute atomic E-state index is 13.8. The summed E-state index contributed by atoms with van der Waals surface area (Å²) in [6, 6.07) is 4.07. The second kappa shape index (κ2) is 5.04. The predicted octanol–water partition coefficient (Wildman–Crippen LogP) is 5.54. The SMILES string of the molecule is Fc1cc(F)c(NC2CCc3sc(Cl)cc32)c(Br)c1. The Kier molecular flexibility index (Phi) is 3.53. The monoisotopic (exact) mass is 363 g/mol. The molecule has 0 amide bonds. The van der Waals surface area contributed by atoms with E-state index in [2.05, 4.69) is 21.2 Å². The number of fused-ring (bicyclic) bond motifs is 1. The normalized spacial score (nSPS) is 17.6. The van der Waals surface area contributed by atoms with Gasteiger partial charge in [-0.3, -0.25) is 0 Å². The van der Waals surface area contributed by atoms with Crippen LogP contribution >= 0.6 is 38.9 Å². The van der Waals surface area contributed by atoms with Crippen LogP contribution in [0.1, 0.15) is 22.9 Å². The van der Waals surface area contributed by atoms with E-state index >= 15 is 0 Å². The summed E-state index contributed by atoms with van der Waals surface area (Å²) in [6.45, 7) is 0. The largest absolute Gasteiger partial charge is 0.375 e. The fourth-order valence-corrected chi connectivity index (χ4v) is 4.21.